The summed E-state index contributed by atoms with van der Waals surface area (Å²) in [5, 5.41) is 3.65. The quantitative estimate of drug-likeness (QED) is 0.780. The van der Waals surface area contributed by atoms with Crippen LogP contribution in [0.1, 0.15) is 71.6 Å². The van der Waals surface area contributed by atoms with Gasteiger partial charge in [0, 0.05) is 12.6 Å². The molecule has 20 heavy (non-hydrogen) atoms. The van der Waals surface area contributed by atoms with Crippen molar-refractivity contribution in [3.8, 4) is 0 Å². The molecule has 0 aromatic heterocycles. The van der Waals surface area contributed by atoms with Crippen molar-refractivity contribution in [3.63, 3.8) is 0 Å². The maximum Gasteiger partial charge on any atom is 0.0758 e. The molecule has 0 aliphatic heterocycles. The smallest absolute Gasteiger partial charge is 0.0758 e. The zero-order valence-electron chi connectivity index (χ0n) is 13.9. The average Bonchev–Trinajstić information content (AvgIpc) is 2.48. The van der Waals surface area contributed by atoms with Crippen molar-refractivity contribution in [2.45, 2.75) is 83.8 Å². The van der Waals surface area contributed by atoms with E-state index >= 15 is 0 Å². The highest BCUT2D eigenvalue weighted by atomic mass is 16.5. The maximum atomic E-state index is 6.26. The van der Waals surface area contributed by atoms with Crippen LogP contribution in [0, 0.1) is 17.8 Å². The summed E-state index contributed by atoms with van der Waals surface area (Å²) in [4.78, 5) is 0. The first-order valence-corrected chi connectivity index (χ1v) is 9.05. The maximum absolute atomic E-state index is 6.26. The molecule has 118 valence electrons. The van der Waals surface area contributed by atoms with Gasteiger partial charge in [-0.3, -0.25) is 0 Å². The lowest BCUT2D eigenvalue weighted by Crippen LogP contribution is -2.50. The summed E-state index contributed by atoms with van der Waals surface area (Å²) in [5.41, 5.74) is 0. The zero-order valence-corrected chi connectivity index (χ0v) is 13.9. The molecule has 0 saturated heterocycles. The summed E-state index contributed by atoms with van der Waals surface area (Å²) in [7, 11) is 2.15. The summed E-state index contributed by atoms with van der Waals surface area (Å²) < 4.78 is 6.26. The van der Waals surface area contributed by atoms with E-state index in [1.165, 1.54) is 57.8 Å². The summed E-state index contributed by atoms with van der Waals surface area (Å²) in [6.07, 6.45) is 13.1. The Kier molecular flexibility index (Phi) is 6.83. The Morgan fingerprint density at radius 1 is 1.00 bits per heavy atom. The molecule has 1 N–H and O–H groups in total. The topological polar surface area (TPSA) is 21.3 Å². The fraction of sp³-hybridized carbons (Fsp3) is 1.00. The van der Waals surface area contributed by atoms with Gasteiger partial charge >= 0.3 is 0 Å². The summed E-state index contributed by atoms with van der Waals surface area (Å²) in [6, 6.07) is 0.570. The predicted octanol–water partition coefficient (Wildman–Crippen LogP) is 4.39. The summed E-state index contributed by atoms with van der Waals surface area (Å²) in [5.74, 6) is 2.51. The molecule has 2 heteroatoms. The Bertz CT molecular complexity index is 262. The van der Waals surface area contributed by atoms with Gasteiger partial charge in [0.05, 0.1) is 6.10 Å². The third-order valence-corrected chi connectivity index (χ3v) is 5.65. The second kappa shape index (κ2) is 8.38. The predicted molar refractivity (Wildman–Crippen MR) is 86.0 cm³/mol. The zero-order chi connectivity index (χ0) is 14.4. The van der Waals surface area contributed by atoms with Gasteiger partial charge in [0.1, 0.15) is 0 Å². The molecule has 2 aliphatic carbocycles. The molecular formula is C18H35NO. The standard InChI is InChI=1S/C18H35NO/c1-4-20-18(15-10-6-5-7-11-15)17(19-3)16-12-8-9-14(2)13-16/h14-19H,4-13H2,1-3H3. The fourth-order valence-electron chi connectivity index (χ4n) is 4.66. The molecule has 2 fully saturated rings. The number of hydrogen-bond acceptors (Lipinski definition) is 2. The van der Waals surface area contributed by atoms with E-state index in [1.807, 2.05) is 0 Å². The van der Waals surface area contributed by atoms with Gasteiger partial charge in [0.2, 0.25) is 0 Å². The van der Waals surface area contributed by atoms with E-state index in [2.05, 4.69) is 26.2 Å². The second-order valence-electron chi connectivity index (χ2n) is 7.16. The third kappa shape index (κ3) is 4.21. The first-order chi connectivity index (χ1) is 9.76. The normalized spacial score (nSPS) is 31.9. The van der Waals surface area contributed by atoms with Crippen LogP contribution in [0.3, 0.4) is 0 Å². The lowest BCUT2D eigenvalue weighted by Gasteiger charge is -2.41. The lowest BCUT2D eigenvalue weighted by atomic mass is 9.73. The minimum atomic E-state index is 0.445. The van der Waals surface area contributed by atoms with Crippen LogP contribution in [0.2, 0.25) is 0 Å². The number of likely N-dealkylation sites (N-methyl/N-ethyl adjacent to an activating group) is 1. The van der Waals surface area contributed by atoms with Crippen molar-refractivity contribution < 1.29 is 4.74 Å². The Hall–Kier alpha value is -0.0800. The molecule has 2 saturated carbocycles. The molecule has 4 unspecified atom stereocenters. The van der Waals surface area contributed by atoms with Gasteiger partial charge in [0.15, 0.2) is 0 Å². The van der Waals surface area contributed by atoms with Crippen LogP contribution >= 0.6 is 0 Å². The molecule has 0 bridgehead atoms. The van der Waals surface area contributed by atoms with Gasteiger partial charge in [-0.25, -0.2) is 0 Å². The molecule has 2 rings (SSSR count). The highest BCUT2D eigenvalue weighted by molar-refractivity contribution is 4.90. The van der Waals surface area contributed by atoms with E-state index in [4.69, 9.17) is 4.74 Å². The van der Waals surface area contributed by atoms with Gasteiger partial charge in [-0.15, -0.1) is 0 Å². The van der Waals surface area contributed by atoms with Crippen LogP contribution in [-0.4, -0.2) is 25.8 Å². The largest absolute Gasteiger partial charge is 0.377 e. The van der Waals surface area contributed by atoms with E-state index in [1.54, 1.807) is 0 Å². The highest BCUT2D eigenvalue weighted by Crippen LogP contribution is 2.37. The van der Waals surface area contributed by atoms with Gasteiger partial charge < -0.3 is 10.1 Å². The molecule has 2 aliphatic rings. The minimum Gasteiger partial charge on any atom is -0.377 e. The van der Waals surface area contributed by atoms with Crippen molar-refractivity contribution >= 4 is 0 Å². The van der Waals surface area contributed by atoms with Gasteiger partial charge in [-0.05, 0) is 57.4 Å². The number of nitrogens with one attached hydrogen (secondary N) is 1. The molecule has 2 nitrogen and oxygen atoms in total. The first kappa shape index (κ1) is 16.3. The molecular weight excluding hydrogens is 246 g/mol. The Morgan fingerprint density at radius 3 is 2.30 bits per heavy atom. The Balaban J connectivity index is 2.03. The van der Waals surface area contributed by atoms with Crippen molar-refractivity contribution in [3.05, 3.63) is 0 Å². The van der Waals surface area contributed by atoms with Crippen LogP contribution in [0.25, 0.3) is 0 Å². The lowest BCUT2D eigenvalue weighted by molar-refractivity contribution is -0.0357. The molecule has 0 amide bonds. The van der Waals surface area contributed by atoms with Crippen molar-refractivity contribution in [1.82, 2.24) is 5.32 Å². The van der Waals surface area contributed by atoms with E-state index in [9.17, 15) is 0 Å². The van der Waals surface area contributed by atoms with Gasteiger partial charge in [0.25, 0.3) is 0 Å². The van der Waals surface area contributed by atoms with Crippen LogP contribution in [0.15, 0.2) is 0 Å². The summed E-state index contributed by atoms with van der Waals surface area (Å²) >= 11 is 0. The van der Waals surface area contributed by atoms with Gasteiger partial charge in [-0.2, -0.15) is 0 Å². The monoisotopic (exact) mass is 281 g/mol. The second-order valence-corrected chi connectivity index (χ2v) is 7.16. The van der Waals surface area contributed by atoms with E-state index in [-0.39, 0.29) is 0 Å². The average molecular weight is 281 g/mol. The molecule has 0 heterocycles. The number of hydrogen-bond donors (Lipinski definition) is 1. The van der Waals surface area contributed by atoms with E-state index < -0.39 is 0 Å². The van der Waals surface area contributed by atoms with E-state index in [0.717, 1.165) is 24.4 Å². The van der Waals surface area contributed by atoms with Crippen LogP contribution in [0.4, 0.5) is 0 Å². The van der Waals surface area contributed by atoms with Crippen LogP contribution in [-0.2, 0) is 4.74 Å². The highest BCUT2D eigenvalue weighted by Gasteiger charge is 2.36. The summed E-state index contributed by atoms with van der Waals surface area (Å²) in [6.45, 7) is 5.45. The van der Waals surface area contributed by atoms with Gasteiger partial charge in [-0.1, -0.05) is 39.0 Å². The molecule has 0 radical (unpaired) electrons. The van der Waals surface area contributed by atoms with Crippen molar-refractivity contribution in [1.29, 1.82) is 0 Å². The third-order valence-electron chi connectivity index (χ3n) is 5.65. The number of rotatable bonds is 6. The van der Waals surface area contributed by atoms with E-state index in [0.29, 0.717) is 12.1 Å². The molecule has 4 atom stereocenters. The minimum absolute atomic E-state index is 0.445. The molecule has 0 spiro atoms. The van der Waals surface area contributed by atoms with Crippen molar-refractivity contribution in [2.24, 2.45) is 17.8 Å². The van der Waals surface area contributed by atoms with Crippen LogP contribution in [0.5, 0.6) is 0 Å². The fourth-order valence-corrected chi connectivity index (χ4v) is 4.66. The number of ether oxygens (including phenoxy) is 1. The van der Waals surface area contributed by atoms with Crippen molar-refractivity contribution in [2.75, 3.05) is 13.7 Å². The molecule has 0 aromatic carbocycles. The Morgan fingerprint density at radius 2 is 1.70 bits per heavy atom. The van der Waals surface area contributed by atoms with Crippen LogP contribution < -0.4 is 5.32 Å². The molecule has 0 aromatic rings. The Labute approximate surface area is 126 Å². The first-order valence-electron chi connectivity index (χ1n) is 9.05. The SMILES string of the molecule is CCOC(C1CCCCC1)C(NC)C1CCCC(C)C1.